The van der Waals surface area contributed by atoms with E-state index in [4.69, 9.17) is 15.6 Å². The number of esters is 1. The van der Waals surface area contributed by atoms with Gasteiger partial charge in [-0.1, -0.05) is 24.3 Å². The van der Waals surface area contributed by atoms with E-state index < -0.39 is 12.0 Å². The maximum Gasteiger partial charge on any atom is 0.325 e. The van der Waals surface area contributed by atoms with Crippen molar-refractivity contribution in [2.45, 2.75) is 31.4 Å². The Morgan fingerprint density at radius 2 is 2.29 bits per heavy atom. The number of carbonyl (C=O) groups excluding carboxylic acids is 1. The minimum atomic E-state index is -0.941. The first-order valence-electron chi connectivity index (χ1n) is 5.87. The van der Waals surface area contributed by atoms with E-state index in [1.807, 2.05) is 18.2 Å². The zero-order chi connectivity index (χ0) is 12.3. The molecule has 2 atom stereocenters. The Labute approximate surface area is 100 Å². The third-order valence-corrected chi connectivity index (χ3v) is 3.07. The van der Waals surface area contributed by atoms with Crippen LogP contribution in [0.4, 0.5) is 0 Å². The highest BCUT2D eigenvalue weighted by Crippen LogP contribution is 2.32. The molecule has 0 bridgehead atoms. The number of hydrogen-bond donors (Lipinski definition) is 2. The number of aryl methyl sites for hydroxylation is 1. The van der Waals surface area contributed by atoms with E-state index in [0.29, 0.717) is 0 Å². The molecule has 92 valence electrons. The second-order valence-electron chi connectivity index (χ2n) is 4.31. The summed E-state index contributed by atoms with van der Waals surface area (Å²) in [5, 5.41) is 8.80. The molecule has 0 radical (unpaired) electrons. The van der Waals surface area contributed by atoms with Gasteiger partial charge in [0.15, 0.2) is 0 Å². The third kappa shape index (κ3) is 2.65. The topological polar surface area (TPSA) is 72.5 Å². The molecule has 0 fully saturated rings. The van der Waals surface area contributed by atoms with Crippen LogP contribution in [0.5, 0.6) is 0 Å². The molecular weight excluding hydrogens is 218 g/mol. The van der Waals surface area contributed by atoms with Crippen molar-refractivity contribution in [3.8, 4) is 0 Å². The average Bonchev–Trinajstić information content (AvgIpc) is 2.38. The molecule has 1 unspecified atom stereocenters. The Morgan fingerprint density at radius 3 is 3.06 bits per heavy atom. The molecule has 0 saturated heterocycles. The number of hydrogen-bond acceptors (Lipinski definition) is 4. The van der Waals surface area contributed by atoms with E-state index in [9.17, 15) is 4.79 Å². The molecule has 1 aliphatic rings. The van der Waals surface area contributed by atoms with E-state index in [-0.39, 0.29) is 12.7 Å². The van der Waals surface area contributed by atoms with E-state index in [0.717, 1.165) is 24.8 Å². The van der Waals surface area contributed by atoms with Gasteiger partial charge in [-0.2, -0.15) is 0 Å². The molecule has 0 heterocycles. The van der Waals surface area contributed by atoms with Crippen molar-refractivity contribution in [3.05, 3.63) is 35.4 Å². The molecule has 1 aromatic rings. The lowest BCUT2D eigenvalue weighted by Gasteiger charge is -2.26. The summed E-state index contributed by atoms with van der Waals surface area (Å²) in [6.45, 7) is -0.382. The molecule has 4 nitrogen and oxygen atoms in total. The highest BCUT2D eigenvalue weighted by molar-refractivity contribution is 5.75. The van der Waals surface area contributed by atoms with Gasteiger partial charge in [0.25, 0.3) is 0 Å². The third-order valence-electron chi connectivity index (χ3n) is 3.07. The average molecular weight is 235 g/mol. The SMILES string of the molecule is N[C@H](CO)C(=O)OC1CCCc2ccccc21. The van der Waals surface area contributed by atoms with Crippen LogP contribution in [0.1, 0.15) is 30.1 Å². The molecule has 0 amide bonds. The predicted molar refractivity (Wildman–Crippen MR) is 63.3 cm³/mol. The van der Waals surface area contributed by atoms with Crippen LogP contribution < -0.4 is 5.73 Å². The van der Waals surface area contributed by atoms with Crippen LogP contribution in [0.15, 0.2) is 24.3 Å². The number of nitrogens with two attached hydrogens (primary N) is 1. The van der Waals surface area contributed by atoms with E-state index >= 15 is 0 Å². The van der Waals surface area contributed by atoms with Crippen molar-refractivity contribution in [2.75, 3.05) is 6.61 Å². The molecule has 4 heteroatoms. The Morgan fingerprint density at radius 1 is 1.53 bits per heavy atom. The Balaban J connectivity index is 2.11. The van der Waals surface area contributed by atoms with Crippen LogP contribution >= 0.6 is 0 Å². The van der Waals surface area contributed by atoms with Crippen molar-refractivity contribution in [3.63, 3.8) is 0 Å². The van der Waals surface area contributed by atoms with Gasteiger partial charge in [-0.15, -0.1) is 0 Å². The van der Waals surface area contributed by atoms with Crippen LogP contribution in [0.2, 0.25) is 0 Å². The van der Waals surface area contributed by atoms with Crippen molar-refractivity contribution in [1.29, 1.82) is 0 Å². The molecule has 0 aliphatic heterocycles. The molecule has 3 N–H and O–H groups in total. The standard InChI is InChI=1S/C13H17NO3/c14-11(8-15)13(16)17-12-7-3-5-9-4-1-2-6-10(9)12/h1-2,4,6,11-12,15H,3,5,7-8,14H2/t11-,12?/m1/s1. The second kappa shape index (κ2) is 5.29. The highest BCUT2D eigenvalue weighted by atomic mass is 16.5. The van der Waals surface area contributed by atoms with Crippen molar-refractivity contribution in [2.24, 2.45) is 5.73 Å². The number of fused-ring (bicyclic) bond motifs is 1. The Kier molecular flexibility index (Phi) is 3.76. The summed E-state index contributed by atoms with van der Waals surface area (Å²) in [5.74, 6) is -0.533. The summed E-state index contributed by atoms with van der Waals surface area (Å²) in [4.78, 5) is 11.5. The van der Waals surface area contributed by atoms with Crippen LogP contribution in [-0.2, 0) is 16.0 Å². The number of rotatable bonds is 3. The molecular formula is C13H17NO3. The quantitative estimate of drug-likeness (QED) is 0.764. The summed E-state index contributed by atoms with van der Waals surface area (Å²) in [5.41, 5.74) is 7.73. The lowest BCUT2D eigenvalue weighted by atomic mass is 9.89. The zero-order valence-corrected chi connectivity index (χ0v) is 9.63. The summed E-state index contributed by atoms with van der Waals surface area (Å²) in [6.07, 6.45) is 2.63. The number of aliphatic hydroxyl groups excluding tert-OH is 1. The maximum atomic E-state index is 11.5. The molecule has 1 aromatic carbocycles. The van der Waals surface area contributed by atoms with Gasteiger partial charge in [-0.25, -0.2) is 0 Å². The van der Waals surface area contributed by atoms with Gasteiger partial charge in [0.1, 0.15) is 12.1 Å². The van der Waals surface area contributed by atoms with Gasteiger partial charge < -0.3 is 15.6 Å². The van der Waals surface area contributed by atoms with Gasteiger partial charge in [0.05, 0.1) is 6.61 Å². The Hall–Kier alpha value is -1.39. The summed E-state index contributed by atoms with van der Waals surface area (Å²) >= 11 is 0. The molecule has 0 aromatic heterocycles. The van der Waals surface area contributed by atoms with Crippen LogP contribution in [0.3, 0.4) is 0 Å². The minimum Gasteiger partial charge on any atom is -0.456 e. The van der Waals surface area contributed by atoms with Crippen molar-refractivity contribution in [1.82, 2.24) is 0 Å². The van der Waals surface area contributed by atoms with E-state index in [2.05, 4.69) is 6.07 Å². The van der Waals surface area contributed by atoms with Gasteiger partial charge in [-0.3, -0.25) is 4.79 Å². The fraction of sp³-hybridized carbons (Fsp3) is 0.462. The normalized spacial score (nSPS) is 20.5. The lowest BCUT2D eigenvalue weighted by molar-refractivity contribution is -0.152. The van der Waals surface area contributed by atoms with Crippen LogP contribution in [0, 0.1) is 0 Å². The number of aliphatic hydroxyl groups is 1. The molecule has 0 saturated carbocycles. The first-order chi connectivity index (χ1) is 8.22. The summed E-state index contributed by atoms with van der Waals surface area (Å²) < 4.78 is 5.35. The first-order valence-corrected chi connectivity index (χ1v) is 5.87. The van der Waals surface area contributed by atoms with Crippen LogP contribution in [-0.4, -0.2) is 23.7 Å². The van der Waals surface area contributed by atoms with E-state index in [1.54, 1.807) is 0 Å². The molecule has 1 aliphatic carbocycles. The molecule has 2 rings (SSSR count). The largest absolute Gasteiger partial charge is 0.456 e. The van der Waals surface area contributed by atoms with E-state index in [1.165, 1.54) is 5.56 Å². The lowest BCUT2D eigenvalue weighted by Crippen LogP contribution is -2.36. The summed E-state index contributed by atoms with van der Waals surface area (Å²) in [7, 11) is 0. The summed E-state index contributed by atoms with van der Waals surface area (Å²) in [6, 6.07) is 7.03. The second-order valence-corrected chi connectivity index (χ2v) is 4.31. The van der Waals surface area contributed by atoms with Crippen molar-refractivity contribution < 1.29 is 14.6 Å². The predicted octanol–water partition coefficient (Wildman–Crippen LogP) is 0.927. The number of ether oxygens (including phenoxy) is 1. The fourth-order valence-electron chi connectivity index (χ4n) is 2.13. The number of carbonyl (C=O) groups is 1. The number of benzene rings is 1. The fourth-order valence-corrected chi connectivity index (χ4v) is 2.13. The minimum absolute atomic E-state index is 0.218. The zero-order valence-electron chi connectivity index (χ0n) is 9.63. The monoisotopic (exact) mass is 235 g/mol. The van der Waals surface area contributed by atoms with Gasteiger partial charge in [0.2, 0.25) is 0 Å². The van der Waals surface area contributed by atoms with Gasteiger partial charge in [-0.05, 0) is 30.4 Å². The van der Waals surface area contributed by atoms with Crippen LogP contribution in [0.25, 0.3) is 0 Å². The van der Waals surface area contributed by atoms with Gasteiger partial charge in [0, 0.05) is 0 Å². The first kappa shape index (κ1) is 12.1. The smallest absolute Gasteiger partial charge is 0.325 e. The highest BCUT2D eigenvalue weighted by Gasteiger charge is 2.25. The van der Waals surface area contributed by atoms with Crippen molar-refractivity contribution >= 4 is 5.97 Å². The Bertz CT molecular complexity index is 405. The maximum absolute atomic E-state index is 11.5. The molecule has 0 spiro atoms. The molecule has 17 heavy (non-hydrogen) atoms. The van der Waals surface area contributed by atoms with Gasteiger partial charge >= 0.3 is 5.97 Å².